The summed E-state index contributed by atoms with van der Waals surface area (Å²) in [6.07, 6.45) is 1.00. The Morgan fingerprint density at radius 3 is 2.38 bits per heavy atom. The molecule has 1 aromatic heterocycles. The molecule has 1 aromatic carbocycles. The number of rotatable bonds is 2. The van der Waals surface area contributed by atoms with Gasteiger partial charge in [-0.25, -0.2) is 4.98 Å². The van der Waals surface area contributed by atoms with Gasteiger partial charge in [-0.05, 0) is 43.5 Å². The minimum absolute atomic E-state index is 1.00. The third kappa shape index (κ3) is 2.20. The summed E-state index contributed by atoms with van der Waals surface area (Å²) >= 11 is 5.31. The van der Waals surface area contributed by atoms with E-state index in [9.17, 15) is 0 Å². The van der Waals surface area contributed by atoms with E-state index < -0.39 is 0 Å². The maximum absolute atomic E-state index is 4.61. The first-order chi connectivity index (χ1) is 7.61. The van der Waals surface area contributed by atoms with Crippen molar-refractivity contribution in [3.8, 4) is 10.6 Å². The molecule has 0 radical (unpaired) electrons. The van der Waals surface area contributed by atoms with Crippen LogP contribution < -0.4 is 0 Å². The van der Waals surface area contributed by atoms with Crippen molar-refractivity contribution >= 4 is 27.3 Å². The Bertz CT molecular complexity index is 493. The first-order valence-electron chi connectivity index (χ1n) is 5.33. The lowest BCUT2D eigenvalue weighted by molar-refractivity contribution is 1.07. The van der Waals surface area contributed by atoms with Crippen molar-refractivity contribution in [1.82, 2.24) is 4.98 Å². The molecule has 0 spiro atoms. The number of halogens is 1. The Kier molecular flexibility index (Phi) is 3.45. The molecule has 0 aliphatic carbocycles. The van der Waals surface area contributed by atoms with Gasteiger partial charge in [0.15, 0.2) is 0 Å². The lowest BCUT2D eigenvalue weighted by Gasteiger charge is -2.05. The fourth-order valence-corrected chi connectivity index (χ4v) is 2.79. The highest BCUT2D eigenvalue weighted by molar-refractivity contribution is 9.10. The van der Waals surface area contributed by atoms with Crippen LogP contribution in [0.3, 0.4) is 0 Å². The minimum Gasteiger partial charge on any atom is -0.241 e. The molecule has 0 N–H and O–H groups in total. The number of aryl methyl sites for hydroxylation is 3. The monoisotopic (exact) mass is 295 g/mol. The van der Waals surface area contributed by atoms with Crippen molar-refractivity contribution in [2.45, 2.75) is 27.2 Å². The number of aromatic nitrogens is 1. The van der Waals surface area contributed by atoms with Gasteiger partial charge in [-0.1, -0.05) is 22.9 Å². The van der Waals surface area contributed by atoms with Crippen LogP contribution in [-0.2, 0) is 6.42 Å². The molecule has 0 atom stereocenters. The summed E-state index contributed by atoms with van der Waals surface area (Å²) in [5, 5.41) is 3.26. The average molecular weight is 296 g/mol. The zero-order chi connectivity index (χ0) is 11.7. The van der Waals surface area contributed by atoms with Crippen molar-refractivity contribution in [1.29, 1.82) is 0 Å². The van der Waals surface area contributed by atoms with Crippen LogP contribution in [0.2, 0.25) is 0 Å². The molecule has 0 saturated carbocycles. The van der Waals surface area contributed by atoms with Gasteiger partial charge in [-0.15, -0.1) is 11.3 Å². The summed E-state index contributed by atoms with van der Waals surface area (Å²) in [4.78, 5) is 4.61. The Morgan fingerprint density at radius 2 is 1.88 bits per heavy atom. The smallest absolute Gasteiger partial charge is 0.123 e. The predicted octanol–water partition coefficient (Wildman–Crippen LogP) is 4.75. The summed E-state index contributed by atoms with van der Waals surface area (Å²) in [5.41, 5.74) is 4.94. The minimum atomic E-state index is 1.00. The molecule has 3 heteroatoms. The van der Waals surface area contributed by atoms with Crippen LogP contribution in [0.4, 0.5) is 0 Å². The van der Waals surface area contributed by atoms with Crippen molar-refractivity contribution in [2.75, 3.05) is 0 Å². The van der Waals surface area contributed by atoms with Crippen molar-refractivity contribution in [3.63, 3.8) is 0 Å². The topological polar surface area (TPSA) is 12.9 Å². The van der Waals surface area contributed by atoms with E-state index in [0.717, 1.165) is 11.4 Å². The van der Waals surface area contributed by atoms with Crippen LogP contribution in [0.5, 0.6) is 0 Å². The Labute approximate surface area is 109 Å². The van der Waals surface area contributed by atoms with Crippen molar-refractivity contribution in [2.24, 2.45) is 0 Å². The third-order valence-corrected chi connectivity index (χ3v) is 4.79. The van der Waals surface area contributed by atoms with Crippen LogP contribution in [0, 0.1) is 13.8 Å². The van der Waals surface area contributed by atoms with Gasteiger partial charge in [0.1, 0.15) is 5.01 Å². The van der Waals surface area contributed by atoms with E-state index >= 15 is 0 Å². The highest BCUT2D eigenvalue weighted by Crippen LogP contribution is 2.30. The van der Waals surface area contributed by atoms with Gasteiger partial charge in [0.05, 0.1) is 5.69 Å². The maximum Gasteiger partial charge on any atom is 0.123 e. The summed E-state index contributed by atoms with van der Waals surface area (Å²) < 4.78 is 1.20. The predicted molar refractivity (Wildman–Crippen MR) is 74.1 cm³/mol. The fraction of sp³-hybridized carbons (Fsp3) is 0.308. The quantitative estimate of drug-likeness (QED) is 0.779. The fourth-order valence-electron chi connectivity index (χ4n) is 1.67. The van der Waals surface area contributed by atoms with Gasteiger partial charge in [0.2, 0.25) is 0 Å². The van der Waals surface area contributed by atoms with Crippen LogP contribution in [0.25, 0.3) is 10.6 Å². The molecule has 2 aromatic rings. The van der Waals surface area contributed by atoms with Gasteiger partial charge in [-0.2, -0.15) is 0 Å². The lowest BCUT2D eigenvalue weighted by atomic mass is 10.1. The van der Waals surface area contributed by atoms with Crippen LogP contribution in [0.15, 0.2) is 22.0 Å². The first kappa shape index (κ1) is 11.8. The molecule has 1 nitrogen and oxygen atoms in total. The maximum atomic E-state index is 4.61. The van der Waals surface area contributed by atoms with E-state index in [0.29, 0.717) is 0 Å². The summed E-state index contributed by atoms with van der Waals surface area (Å²) in [7, 11) is 0. The molecule has 0 fully saturated rings. The van der Waals surface area contributed by atoms with E-state index in [2.05, 4.69) is 59.2 Å². The zero-order valence-corrected chi connectivity index (χ0v) is 12.1. The second-order valence-corrected chi connectivity index (χ2v) is 5.57. The molecule has 0 amide bonds. The van der Waals surface area contributed by atoms with Crippen LogP contribution in [-0.4, -0.2) is 4.98 Å². The molecule has 0 aliphatic rings. The SMILES string of the molecule is CCc1csc(-c2cc(C)c(Br)c(C)c2)n1. The molecule has 84 valence electrons. The van der Waals surface area contributed by atoms with Crippen LogP contribution >= 0.6 is 27.3 Å². The number of thiazole rings is 1. The normalized spacial score (nSPS) is 10.8. The van der Waals surface area contributed by atoms with Gasteiger partial charge >= 0.3 is 0 Å². The van der Waals surface area contributed by atoms with Crippen molar-refractivity contribution in [3.05, 3.63) is 38.8 Å². The molecule has 2 rings (SSSR count). The summed E-state index contributed by atoms with van der Waals surface area (Å²) in [5.74, 6) is 0. The number of benzene rings is 1. The molecule has 0 unspecified atom stereocenters. The molecule has 1 heterocycles. The molecular formula is C13H14BrNS. The molecule has 0 aliphatic heterocycles. The van der Waals surface area contributed by atoms with Gasteiger partial charge < -0.3 is 0 Å². The van der Waals surface area contributed by atoms with Gasteiger partial charge in [0.25, 0.3) is 0 Å². The van der Waals surface area contributed by atoms with Crippen molar-refractivity contribution < 1.29 is 0 Å². The molecule has 16 heavy (non-hydrogen) atoms. The summed E-state index contributed by atoms with van der Waals surface area (Å²) in [6.45, 7) is 6.38. The standard InChI is InChI=1S/C13H14BrNS/c1-4-11-7-16-13(15-11)10-5-8(2)12(14)9(3)6-10/h5-7H,4H2,1-3H3. The van der Waals surface area contributed by atoms with E-state index in [4.69, 9.17) is 0 Å². The van der Waals surface area contributed by atoms with E-state index in [1.807, 2.05) is 0 Å². The largest absolute Gasteiger partial charge is 0.241 e. The van der Waals surface area contributed by atoms with Crippen LogP contribution in [0.1, 0.15) is 23.7 Å². The van der Waals surface area contributed by atoms with Gasteiger partial charge in [0, 0.05) is 15.4 Å². The first-order valence-corrected chi connectivity index (χ1v) is 7.00. The molecule has 0 bridgehead atoms. The lowest BCUT2D eigenvalue weighted by Crippen LogP contribution is -1.86. The molecular weight excluding hydrogens is 282 g/mol. The van der Waals surface area contributed by atoms with E-state index in [1.54, 1.807) is 11.3 Å². The highest BCUT2D eigenvalue weighted by Gasteiger charge is 2.07. The second-order valence-electron chi connectivity index (χ2n) is 3.92. The highest BCUT2D eigenvalue weighted by atomic mass is 79.9. The van der Waals surface area contributed by atoms with E-state index in [-0.39, 0.29) is 0 Å². The number of nitrogens with zero attached hydrogens (tertiary/aromatic N) is 1. The Morgan fingerprint density at radius 1 is 1.25 bits per heavy atom. The number of hydrogen-bond acceptors (Lipinski definition) is 2. The average Bonchev–Trinajstić information content (AvgIpc) is 2.73. The Hall–Kier alpha value is -0.670. The van der Waals surface area contributed by atoms with Gasteiger partial charge in [-0.3, -0.25) is 0 Å². The second kappa shape index (κ2) is 4.68. The number of hydrogen-bond donors (Lipinski definition) is 0. The molecule has 0 saturated heterocycles. The zero-order valence-electron chi connectivity index (χ0n) is 9.67. The Balaban J connectivity index is 2.48. The van der Waals surface area contributed by atoms with E-state index in [1.165, 1.54) is 26.9 Å². The third-order valence-electron chi connectivity index (χ3n) is 2.60. The summed E-state index contributed by atoms with van der Waals surface area (Å²) in [6, 6.07) is 4.38.